The topological polar surface area (TPSA) is 0 Å². The molecule has 11 heavy (non-hydrogen) atoms. The predicted octanol–water partition coefficient (Wildman–Crippen LogP) is 3.28. The lowest BCUT2D eigenvalue weighted by Gasteiger charge is -1.88. The summed E-state index contributed by atoms with van der Waals surface area (Å²) in [6, 6.07) is 10.3. The second-order valence-electron chi connectivity index (χ2n) is 2.34. The van der Waals surface area contributed by atoms with Crippen molar-refractivity contribution in [3.8, 4) is 0 Å². The lowest BCUT2D eigenvalue weighted by atomic mass is 10.2. The fourth-order valence-corrected chi connectivity index (χ4v) is 0.864. The van der Waals surface area contributed by atoms with Gasteiger partial charge in [0, 0.05) is 0 Å². The van der Waals surface area contributed by atoms with Gasteiger partial charge in [-0.3, -0.25) is 0 Å². The molecule has 0 aromatic heterocycles. The van der Waals surface area contributed by atoms with E-state index in [4.69, 9.17) is 0 Å². The number of rotatable bonds is 3. The molecule has 56 valence electrons. The first-order chi connectivity index (χ1) is 5.43. The van der Waals surface area contributed by atoms with Crippen LogP contribution in [0.25, 0.3) is 6.08 Å². The third kappa shape index (κ3) is 2.85. The van der Waals surface area contributed by atoms with E-state index in [1.807, 2.05) is 24.3 Å². The molecule has 0 aliphatic heterocycles. The highest BCUT2D eigenvalue weighted by atomic mass is 13.9. The molecule has 0 nitrogen and oxygen atoms in total. The monoisotopic (exact) mass is 144 g/mol. The molecule has 0 saturated carbocycles. The van der Waals surface area contributed by atoms with Gasteiger partial charge in [0.25, 0.3) is 0 Å². The van der Waals surface area contributed by atoms with Gasteiger partial charge in [0.05, 0.1) is 0 Å². The Bertz CT molecular complexity index is 231. The van der Waals surface area contributed by atoms with Crippen molar-refractivity contribution in [3.05, 3.63) is 54.6 Å². The van der Waals surface area contributed by atoms with Crippen molar-refractivity contribution in [2.75, 3.05) is 0 Å². The third-order valence-electron chi connectivity index (χ3n) is 1.41. The SMILES string of the molecule is C=CC/C=C/c1ccccc1. The smallest absolute Gasteiger partial charge is 0.0169 e. The van der Waals surface area contributed by atoms with Crippen LogP contribution in [-0.2, 0) is 0 Å². The Morgan fingerprint density at radius 2 is 1.91 bits per heavy atom. The van der Waals surface area contributed by atoms with Gasteiger partial charge in [0.15, 0.2) is 0 Å². The fraction of sp³-hybridized carbons (Fsp3) is 0.0909. The van der Waals surface area contributed by atoms with E-state index in [2.05, 4.69) is 30.9 Å². The van der Waals surface area contributed by atoms with Gasteiger partial charge in [-0.2, -0.15) is 0 Å². The molecule has 0 bridgehead atoms. The summed E-state index contributed by atoms with van der Waals surface area (Å²) in [5, 5.41) is 0. The summed E-state index contributed by atoms with van der Waals surface area (Å²) in [4.78, 5) is 0. The van der Waals surface area contributed by atoms with Crippen molar-refractivity contribution in [2.45, 2.75) is 6.42 Å². The lowest BCUT2D eigenvalue weighted by Crippen LogP contribution is -1.67. The predicted molar refractivity (Wildman–Crippen MR) is 50.3 cm³/mol. The van der Waals surface area contributed by atoms with Crippen LogP contribution in [0.4, 0.5) is 0 Å². The molecular formula is C11H12. The molecule has 1 aromatic carbocycles. The highest BCUT2D eigenvalue weighted by Crippen LogP contribution is 2.01. The molecule has 0 heterocycles. The first-order valence-corrected chi connectivity index (χ1v) is 3.76. The van der Waals surface area contributed by atoms with Gasteiger partial charge in [0.2, 0.25) is 0 Å². The Morgan fingerprint density at radius 1 is 1.18 bits per heavy atom. The summed E-state index contributed by atoms with van der Waals surface area (Å²) in [5.41, 5.74) is 1.24. The quantitative estimate of drug-likeness (QED) is 0.571. The summed E-state index contributed by atoms with van der Waals surface area (Å²) in [6.07, 6.45) is 7.03. The van der Waals surface area contributed by atoms with E-state index >= 15 is 0 Å². The Kier molecular flexibility index (Phi) is 3.20. The Morgan fingerprint density at radius 3 is 2.55 bits per heavy atom. The van der Waals surface area contributed by atoms with Crippen LogP contribution in [0.15, 0.2) is 49.1 Å². The number of allylic oxidation sites excluding steroid dienone is 2. The summed E-state index contributed by atoms with van der Waals surface area (Å²) >= 11 is 0. The zero-order valence-electron chi connectivity index (χ0n) is 6.53. The average molecular weight is 144 g/mol. The molecule has 0 amide bonds. The van der Waals surface area contributed by atoms with Crippen LogP contribution in [0.3, 0.4) is 0 Å². The van der Waals surface area contributed by atoms with Crippen molar-refractivity contribution < 1.29 is 0 Å². The van der Waals surface area contributed by atoms with Crippen LogP contribution >= 0.6 is 0 Å². The summed E-state index contributed by atoms with van der Waals surface area (Å²) in [5.74, 6) is 0. The minimum atomic E-state index is 0.939. The van der Waals surface area contributed by atoms with E-state index in [-0.39, 0.29) is 0 Å². The molecule has 0 N–H and O–H groups in total. The molecule has 0 fully saturated rings. The maximum Gasteiger partial charge on any atom is -0.0169 e. The highest BCUT2D eigenvalue weighted by Gasteiger charge is 1.79. The molecule has 0 unspecified atom stereocenters. The molecule has 0 aliphatic carbocycles. The lowest BCUT2D eigenvalue weighted by molar-refractivity contribution is 1.42. The first-order valence-electron chi connectivity index (χ1n) is 3.76. The van der Waals surface area contributed by atoms with Crippen molar-refractivity contribution in [1.82, 2.24) is 0 Å². The summed E-state index contributed by atoms with van der Waals surface area (Å²) in [7, 11) is 0. The van der Waals surface area contributed by atoms with Crippen molar-refractivity contribution in [3.63, 3.8) is 0 Å². The molecule has 1 aromatic rings. The standard InChI is InChI=1S/C11H12/c1-2-3-5-8-11-9-6-4-7-10-11/h2,4-10H,1,3H2/b8-5+. The maximum absolute atomic E-state index is 3.64. The third-order valence-corrected chi connectivity index (χ3v) is 1.41. The van der Waals surface area contributed by atoms with E-state index in [0.29, 0.717) is 0 Å². The van der Waals surface area contributed by atoms with Crippen molar-refractivity contribution in [2.24, 2.45) is 0 Å². The summed E-state index contributed by atoms with van der Waals surface area (Å²) in [6.45, 7) is 3.64. The second-order valence-corrected chi connectivity index (χ2v) is 2.34. The van der Waals surface area contributed by atoms with E-state index in [1.165, 1.54) is 5.56 Å². The van der Waals surface area contributed by atoms with Crippen LogP contribution in [0.1, 0.15) is 12.0 Å². The molecule has 0 heteroatoms. The first kappa shape index (κ1) is 7.80. The van der Waals surface area contributed by atoms with Gasteiger partial charge in [-0.1, -0.05) is 48.6 Å². The van der Waals surface area contributed by atoms with Crippen LogP contribution in [0, 0.1) is 0 Å². The van der Waals surface area contributed by atoms with Gasteiger partial charge in [0.1, 0.15) is 0 Å². The Hall–Kier alpha value is -1.30. The molecule has 0 radical (unpaired) electrons. The van der Waals surface area contributed by atoms with Crippen LogP contribution in [-0.4, -0.2) is 0 Å². The van der Waals surface area contributed by atoms with Crippen LogP contribution in [0.2, 0.25) is 0 Å². The van der Waals surface area contributed by atoms with E-state index in [9.17, 15) is 0 Å². The van der Waals surface area contributed by atoms with Crippen LogP contribution < -0.4 is 0 Å². The van der Waals surface area contributed by atoms with E-state index in [1.54, 1.807) is 0 Å². The minimum Gasteiger partial charge on any atom is -0.103 e. The highest BCUT2D eigenvalue weighted by molar-refractivity contribution is 5.48. The zero-order chi connectivity index (χ0) is 7.94. The maximum atomic E-state index is 3.64. The Balaban J connectivity index is 2.57. The van der Waals surface area contributed by atoms with Gasteiger partial charge >= 0.3 is 0 Å². The van der Waals surface area contributed by atoms with E-state index in [0.717, 1.165) is 6.42 Å². The largest absolute Gasteiger partial charge is 0.103 e. The number of hydrogen-bond donors (Lipinski definition) is 0. The van der Waals surface area contributed by atoms with Crippen LogP contribution in [0.5, 0.6) is 0 Å². The van der Waals surface area contributed by atoms with Gasteiger partial charge in [-0.25, -0.2) is 0 Å². The number of hydrogen-bond acceptors (Lipinski definition) is 0. The van der Waals surface area contributed by atoms with Gasteiger partial charge < -0.3 is 0 Å². The Labute approximate surface area is 67.9 Å². The summed E-state index contributed by atoms with van der Waals surface area (Å²) < 4.78 is 0. The molecule has 0 atom stereocenters. The molecule has 1 rings (SSSR count). The average Bonchev–Trinajstić information content (AvgIpc) is 2.07. The fourth-order valence-electron chi connectivity index (χ4n) is 0.864. The molecule has 0 saturated heterocycles. The molecular weight excluding hydrogens is 132 g/mol. The van der Waals surface area contributed by atoms with Gasteiger partial charge in [-0.15, -0.1) is 6.58 Å². The van der Waals surface area contributed by atoms with Gasteiger partial charge in [-0.05, 0) is 12.0 Å². The zero-order valence-corrected chi connectivity index (χ0v) is 6.53. The van der Waals surface area contributed by atoms with E-state index < -0.39 is 0 Å². The van der Waals surface area contributed by atoms with Crippen molar-refractivity contribution >= 4 is 6.08 Å². The number of benzene rings is 1. The molecule has 0 spiro atoms. The minimum absolute atomic E-state index is 0.939. The normalized spacial score (nSPS) is 10.2. The molecule has 0 aliphatic rings. The second kappa shape index (κ2) is 4.51. The van der Waals surface area contributed by atoms with Crippen molar-refractivity contribution in [1.29, 1.82) is 0 Å².